The van der Waals surface area contributed by atoms with Gasteiger partial charge in [-0.25, -0.2) is 4.98 Å². The molecule has 0 fully saturated rings. The van der Waals surface area contributed by atoms with Gasteiger partial charge in [-0.1, -0.05) is 75.0 Å². The molecule has 2 aromatic rings. The number of aromatic nitrogens is 2. The summed E-state index contributed by atoms with van der Waals surface area (Å²) in [6, 6.07) is 9.07. The number of anilines is 1. The Balaban J connectivity index is 2.44. The van der Waals surface area contributed by atoms with Crippen molar-refractivity contribution in [3.63, 3.8) is 0 Å². The van der Waals surface area contributed by atoms with Gasteiger partial charge >= 0.3 is 5.97 Å². The second kappa shape index (κ2) is 10.1. The molecule has 0 saturated carbocycles. The average molecular weight is 392 g/mol. The quantitative estimate of drug-likeness (QED) is 0.585. The lowest BCUT2D eigenvalue weighted by atomic mass is 10.1. The highest BCUT2D eigenvalue weighted by Gasteiger charge is 2.20. The van der Waals surface area contributed by atoms with Crippen LogP contribution in [0.25, 0.3) is 11.3 Å². The number of halogens is 1. The molecule has 146 valence electrons. The van der Waals surface area contributed by atoms with Gasteiger partial charge in [-0.3, -0.25) is 14.2 Å². The topological polar surface area (TPSA) is 84.2 Å². The third-order valence-electron chi connectivity index (χ3n) is 4.45. The van der Waals surface area contributed by atoms with Gasteiger partial charge in [0.2, 0.25) is 0 Å². The summed E-state index contributed by atoms with van der Waals surface area (Å²) in [5.74, 6) is -1.01. The molecule has 0 spiro atoms. The Morgan fingerprint density at radius 1 is 1.26 bits per heavy atom. The van der Waals surface area contributed by atoms with Crippen molar-refractivity contribution < 1.29 is 9.90 Å². The van der Waals surface area contributed by atoms with Crippen molar-refractivity contribution >= 4 is 23.4 Å². The molecule has 0 saturated heterocycles. The SMILES string of the molecule is CCCCCC(CC)Nc1nc(Cl)c(-c2ccccc2)n(CC(=O)O)c1=O. The van der Waals surface area contributed by atoms with Crippen molar-refractivity contribution in [3.8, 4) is 11.3 Å². The van der Waals surface area contributed by atoms with Gasteiger partial charge in [0, 0.05) is 11.6 Å². The highest BCUT2D eigenvalue weighted by molar-refractivity contribution is 6.32. The van der Waals surface area contributed by atoms with Crippen LogP contribution in [0.5, 0.6) is 0 Å². The van der Waals surface area contributed by atoms with Crippen molar-refractivity contribution in [1.82, 2.24) is 9.55 Å². The largest absolute Gasteiger partial charge is 0.480 e. The fraction of sp³-hybridized carbons (Fsp3) is 0.450. The van der Waals surface area contributed by atoms with Crippen LogP contribution in [-0.2, 0) is 11.3 Å². The maximum Gasteiger partial charge on any atom is 0.323 e. The number of aliphatic carboxylic acids is 1. The molecule has 0 aliphatic carbocycles. The monoisotopic (exact) mass is 391 g/mol. The minimum Gasteiger partial charge on any atom is -0.480 e. The van der Waals surface area contributed by atoms with Crippen LogP contribution in [0.2, 0.25) is 5.15 Å². The van der Waals surface area contributed by atoms with Gasteiger partial charge in [0.1, 0.15) is 6.54 Å². The van der Waals surface area contributed by atoms with Crippen LogP contribution in [-0.4, -0.2) is 26.7 Å². The molecule has 0 aliphatic heterocycles. The maximum absolute atomic E-state index is 12.9. The smallest absolute Gasteiger partial charge is 0.323 e. The van der Waals surface area contributed by atoms with E-state index in [9.17, 15) is 14.7 Å². The summed E-state index contributed by atoms with van der Waals surface area (Å²) >= 11 is 6.37. The number of carboxylic acid groups (broad SMARTS) is 1. The number of hydrogen-bond acceptors (Lipinski definition) is 4. The predicted molar refractivity (Wildman–Crippen MR) is 108 cm³/mol. The number of nitrogens with zero attached hydrogens (tertiary/aromatic N) is 2. The second-order valence-corrected chi connectivity index (χ2v) is 6.85. The van der Waals surface area contributed by atoms with Gasteiger partial charge in [-0.15, -0.1) is 0 Å². The Morgan fingerprint density at radius 2 is 1.96 bits per heavy atom. The van der Waals surface area contributed by atoms with Crippen LogP contribution in [0.1, 0.15) is 46.0 Å². The fourth-order valence-corrected chi connectivity index (χ4v) is 3.30. The lowest BCUT2D eigenvalue weighted by Gasteiger charge is -2.20. The van der Waals surface area contributed by atoms with E-state index in [2.05, 4.69) is 17.2 Å². The summed E-state index contributed by atoms with van der Waals surface area (Å²) in [6.07, 6.45) is 5.06. The number of unbranched alkanes of at least 4 members (excludes halogenated alkanes) is 2. The van der Waals surface area contributed by atoms with E-state index in [1.165, 1.54) is 4.57 Å². The molecule has 1 aromatic carbocycles. The van der Waals surface area contributed by atoms with Gasteiger partial charge in [0.25, 0.3) is 5.56 Å². The summed E-state index contributed by atoms with van der Waals surface area (Å²) in [6.45, 7) is 3.70. The molecule has 1 heterocycles. The first-order chi connectivity index (χ1) is 13.0. The number of carbonyl (C=O) groups is 1. The summed E-state index contributed by atoms with van der Waals surface area (Å²) in [5, 5.41) is 12.5. The highest BCUT2D eigenvalue weighted by Crippen LogP contribution is 2.26. The minimum absolute atomic E-state index is 0.0914. The lowest BCUT2D eigenvalue weighted by molar-refractivity contribution is -0.137. The van der Waals surface area contributed by atoms with E-state index in [1.807, 2.05) is 13.0 Å². The Hall–Kier alpha value is -2.34. The summed E-state index contributed by atoms with van der Waals surface area (Å²) in [7, 11) is 0. The first-order valence-electron chi connectivity index (χ1n) is 9.32. The molecular weight excluding hydrogens is 366 g/mol. The van der Waals surface area contributed by atoms with Crippen LogP contribution in [0.3, 0.4) is 0 Å². The Bertz CT molecular complexity index is 821. The molecular formula is C20H26ClN3O3. The van der Waals surface area contributed by atoms with Gasteiger partial charge in [-0.2, -0.15) is 0 Å². The second-order valence-electron chi connectivity index (χ2n) is 6.50. The molecule has 0 bridgehead atoms. The van der Waals surface area contributed by atoms with Crippen molar-refractivity contribution in [2.45, 2.75) is 58.5 Å². The zero-order valence-electron chi connectivity index (χ0n) is 15.7. The first-order valence-corrected chi connectivity index (χ1v) is 9.69. The molecule has 0 radical (unpaired) electrons. The molecule has 0 amide bonds. The van der Waals surface area contributed by atoms with E-state index >= 15 is 0 Å². The fourth-order valence-electron chi connectivity index (χ4n) is 3.00. The number of carboxylic acids is 1. The van der Waals surface area contributed by atoms with E-state index in [1.54, 1.807) is 24.3 Å². The van der Waals surface area contributed by atoms with Crippen LogP contribution in [0.15, 0.2) is 35.1 Å². The summed E-state index contributed by atoms with van der Waals surface area (Å²) in [5.41, 5.74) is 0.485. The normalized spacial score (nSPS) is 12.0. The molecule has 7 heteroatoms. The van der Waals surface area contributed by atoms with Gasteiger partial charge < -0.3 is 10.4 Å². The third-order valence-corrected chi connectivity index (χ3v) is 4.72. The Labute approximate surface area is 164 Å². The molecule has 2 N–H and O–H groups in total. The van der Waals surface area contributed by atoms with Crippen LogP contribution >= 0.6 is 11.6 Å². The standard InChI is InChI=1S/C20H26ClN3O3/c1-3-5-7-12-15(4-2)22-19-20(27)24(13-16(25)26)17(18(21)23-19)14-10-8-6-9-11-14/h6,8-11,15H,3-5,7,12-13H2,1-2H3,(H,22,23)(H,25,26). The van der Waals surface area contributed by atoms with Crippen LogP contribution in [0.4, 0.5) is 5.82 Å². The molecule has 1 aromatic heterocycles. The van der Waals surface area contributed by atoms with E-state index < -0.39 is 18.1 Å². The number of nitrogens with one attached hydrogen (secondary N) is 1. The van der Waals surface area contributed by atoms with Gasteiger partial charge in [0.05, 0.1) is 5.69 Å². The summed E-state index contributed by atoms with van der Waals surface area (Å²) in [4.78, 5) is 28.5. The zero-order valence-corrected chi connectivity index (χ0v) is 16.5. The van der Waals surface area contributed by atoms with Gasteiger partial charge in [0.15, 0.2) is 11.0 Å². The van der Waals surface area contributed by atoms with Gasteiger partial charge in [-0.05, 0) is 12.8 Å². The molecule has 27 heavy (non-hydrogen) atoms. The highest BCUT2D eigenvalue weighted by atomic mass is 35.5. The van der Waals surface area contributed by atoms with Crippen LogP contribution in [0, 0.1) is 0 Å². The number of benzene rings is 1. The van der Waals surface area contributed by atoms with E-state index in [-0.39, 0.29) is 17.0 Å². The zero-order chi connectivity index (χ0) is 19.8. The van der Waals surface area contributed by atoms with Crippen molar-refractivity contribution in [2.75, 3.05) is 5.32 Å². The lowest BCUT2D eigenvalue weighted by Crippen LogP contribution is -2.32. The molecule has 6 nitrogen and oxygen atoms in total. The number of hydrogen-bond donors (Lipinski definition) is 2. The minimum atomic E-state index is -1.11. The molecule has 0 aliphatic rings. The average Bonchev–Trinajstić information content (AvgIpc) is 2.65. The van der Waals surface area contributed by atoms with Crippen molar-refractivity contribution in [1.29, 1.82) is 0 Å². The van der Waals surface area contributed by atoms with E-state index in [4.69, 9.17) is 11.6 Å². The molecule has 1 atom stereocenters. The first kappa shape index (κ1) is 21.0. The van der Waals surface area contributed by atoms with E-state index in [0.29, 0.717) is 11.3 Å². The Morgan fingerprint density at radius 3 is 2.56 bits per heavy atom. The molecule has 2 rings (SSSR count). The molecule has 1 unspecified atom stereocenters. The Kier molecular flexibility index (Phi) is 7.85. The predicted octanol–water partition coefficient (Wildman–Crippen LogP) is 4.42. The summed E-state index contributed by atoms with van der Waals surface area (Å²) < 4.78 is 1.17. The van der Waals surface area contributed by atoms with Crippen molar-refractivity contribution in [3.05, 3.63) is 45.8 Å². The van der Waals surface area contributed by atoms with Crippen molar-refractivity contribution in [2.24, 2.45) is 0 Å². The van der Waals surface area contributed by atoms with E-state index in [0.717, 1.165) is 32.1 Å². The maximum atomic E-state index is 12.9. The van der Waals surface area contributed by atoms with Crippen LogP contribution < -0.4 is 10.9 Å². The third kappa shape index (κ3) is 5.57. The number of rotatable bonds is 10.